The first-order chi connectivity index (χ1) is 9.38. The van der Waals surface area contributed by atoms with Gasteiger partial charge in [-0.3, -0.25) is 0 Å². The van der Waals surface area contributed by atoms with Crippen molar-refractivity contribution in [3.05, 3.63) is 64.4 Å². The third-order valence-corrected chi connectivity index (χ3v) is 4.44. The van der Waals surface area contributed by atoms with Crippen LogP contribution in [0.4, 0.5) is 4.39 Å². The summed E-state index contributed by atoms with van der Waals surface area (Å²) in [6.45, 7) is 1.87. The maximum atomic E-state index is 13.0. The van der Waals surface area contributed by atoms with Crippen molar-refractivity contribution < 1.29 is 12.8 Å². The molecule has 0 unspecified atom stereocenters. The second-order valence-electron chi connectivity index (χ2n) is 4.39. The van der Waals surface area contributed by atoms with Gasteiger partial charge < -0.3 is 0 Å². The SMILES string of the molecule is Cc1cccc(S(=O)(=O)NCc2ccc(F)c(Cl)c2)c1. The number of hydrogen-bond donors (Lipinski definition) is 1. The molecule has 0 fully saturated rings. The normalized spacial score (nSPS) is 11.6. The third-order valence-electron chi connectivity index (χ3n) is 2.75. The molecule has 0 radical (unpaired) electrons. The van der Waals surface area contributed by atoms with E-state index in [4.69, 9.17) is 11.6 Å². The molecule has 6 heteroatoms. The van der Waals surface area contributed by atoms with Crippen LogP contribution in [0.2, 0.25) is 5.02 Å². The molecule has 0 spiro atoms. The minimum atomic E-state index is -3.59. The van der Waals surface area contributed by atoms with Crippen LogP contribution in [0.1, 0.15) is 11.1 Å². The van der Waals surface area contributed by atoms with Crippen molar-refractivity contribution in [2.24, 2.45) is 0 Å². The Morgan fingerprint density at radius 2 is 1.95 bits per heavy atom. The smallest absolute Gasteiger partial charge is 0.207 e. The van der Waals surface area contributed by atoms with E-state index in [1.807, 2.05) is 13.0 Å². The lowest BCUT2D eigenvalue weighted by molar-refractivity contribution is 0.581. The summed E-state index contributed by atoms with van der Waals surface area (Å²) in [6, 6.07) is 10.7. The van der Waals surface area contributed by atoms with Gasteiger partial charge in [0.15, 0.2) is 0 Å². The molecule has 0 heterocycles. The number of benzene rings is 2. The van der Waals surface area contributed by atoms with Crippen molar-refractivity contribution in [2.75, 3.05) is 0 Å². The van der Waals surface area contributed by atoms with Crippen LogP contribution in [0.5, 0.6) is 0 Å². The van der Waals surface area contributed by atoms with E-state index in [2.05, 4.69) is 4.72 Å². The average molecular weight is 314 g/mol. The lowest BCUT2D eigenvalue weighted by Crippen LogP contribution is -2.23. The second kappa shape index (κ2) is 5.91. The van der Waals surface area contributed by atoms with Gasteiger partial charge in [-0.1, -0.05) is 29.8 Å². The van der Waals surface area contributed by atoms with Crippen LogP contribution >= 0.6 is 11.6 Å². The first-order valence-corrected chi connectivity index (χ1v) is 7.75. The molecule has 20 heavy (non-hydrogen) atoms. The quantitative estimate of drug-likeness (QED) is 0.941. The van der Waals surface area contributed by atoms with Gasteiger partial charge in [0.25, 0.3) is 0 Å². The summed E-state index contributed by atoms with van der Waals surface area (Å²) in [5, 5.41) is -0.0303. The molecule has 2 aromatic carbocycles. The molecule has 0 atom stereocenters. The molecule has 2 rings (SSSR count). The Bertz CT molecular complexity index is 732. The van der Waals surface area contributed by atoms with E-state index >= 15 is 0 Å². The van der Waals surface area contributed by atoms with Gasteiger partial charge >= 0.3 is 0 Å². The molecule has 0 amide bonds. The van der Waals surface area contributed by atoms with Crippen LogP contribution in [0, 0.1) is 12.7 Å². The molecule has 2 aromatic rings. The minimum absolute atomic E-state index is 0.0303. The minimum Gasteiger partial charge on any atom is -0.207 e. The van der Waals surface area contributed by atoms with Crippen molar-refractivity contribution in [3.63, 3.8) is 0 Å². The highest BCUT2D eigenvalue weighted by Crippen LogP contribution is 2.17. The van der Waals surface area contributed by atoms with E-state index in [1.165, 1.54) is 24.3 Å². The molecule has 0 aromatic heterocycles. The van der Waals surface area contributed by atoms with E-state index in [9.17, 15) is 12.8 Å². The molecule has 0 saturated heterocycles. The number of rotatable bonds is 4. The summed E-state index contributed by atoms with van der Waals surface area (Å²) in [7, 11) is -3.59. The first kappa shape index (κ1) is 15.0. The predicted octanol–water partition coefficient (Wildman–Crippen LogP) is 3.27. The van der Waals surface area contributed by atoms with Gasteiger partial charge in [0.2, 0.25) is 10.0 Å². The van der Waals surface area contributed by atoms with Gasteiger partial charge in [0.05, 0.1) is 9.92 Å². The van der Waals surface area contributed by atoms with Gasteiger partial charge in [-0.25, -0.2) is 17.5 Å². The van der Waals surface area contributed by atoms with Gasteiger partial charge in [-0.05, 0) is 42.3 Å². The molecule has 0 saturated carbocycles. The zero-order valence-corrected chi connectivity index (χ0v) is 12.3. The van der Waals surface area contributed by atoms with Crippen LogP contribution in [0.3, 0.4) is 0 Å². The fraction of sp³-hybridized carbons (Fsp3) is 0.143. The van der Waals surface area contributed by atoms with E-state index in [0.717, 1.165) is 5.56 Å². The van der Waals surface area contributed by atoms with E-state index in [0.29, 0.717) is 5.56 Å². The lowest BCUT2D eigenvalue weighted by atomic mass is 10.2. The standard InChI is InChI=1S/C14H13ClFNO2S/c1-10-3-2-4-12(7-10)20(18,19)17-9-11-5-6-14(16)13(15)8-11/h2-8,17H,9H2,1H3. The summed E-state index contributed by atoms with van der Waals surface area (Å²) < 4.78 is 39.7. The Balaban J connectivity index is 2.15. The summed E-state index contributed by atoms with van der Waals surface area (Å²) >= 11 is 5.65. The van der Waals surface area contributed by atoms with Crippen molar-refractivity contribution >= 4 is 21.6 Å². The first-order valence-electron chi connectivity index (χ1n) is 5.89. The van der Waals surface area contributed by atoms with Crippen LogP contribution < -0.4 is 4.72 Å². The van der Waals surface area contributed by atoms with Crippen molar-refractivity contribution in [3.8, 4) is 0 Å². The molecule has 3 nitrogen and oxygen atoms in total. The summed E-state index contributed by atoms with van der Waals surface area (Å²) in [5.41, 5.74) is 1.45. The highest BCUT2D eigenvalue weighted by Gasteiger charge is 2.13. The largest absolute Gasteiger partial charge is 0.240 e. The second-order valence-corrected chi connectivity index (χ2v) is 6.56. The number of nitrogens with one attached hydrogen (secondary N) is 1. The summed E-state index contributed by atoms with van der Waals surface area (Å²) in [6.07, 6.45) is 0. The van der Waals surface area contributed by atoms with Crippen LogP contribution in [0.25, 0.3) is 0 Å². The van der Waals surface area contributed by atoms with Crippen LogP contribution in [-0.2, 0) is 16.6 Å². The maximum absolute atomic E-state index is 13.0. The Hall–Kier alpha value is -1.43. The highest BCUT2D eigenvalue weighted by atomic mass is 35.5. The maximum Gasteiger partial charge on any atom is 0.240 e. The molecular formula is C14H13ClFNO2S. The summed E-state index contributed by atoms with van der Waals surface area (Å²) in [4.78, 5) is 0.200. The third kappa shape index (κ3) is 3.56. The molecule has 0 aliphatic heterocycles. The van der Waals surface area contributed by atoms with Crippen molar-refractivity contribution in [2.45, 2.75) is 18.4 Å². The van der Waals surface area contributed by atoms with Crippen molar-refractivity contribution in [1.82, 2.24) is 4.72 Å². The number of hydrogen-bond acceptors (Lipinski definition) is 2. The Morgan fingerprint density at radius 1 is 1.20 bits per heavy atom. The summed E-state index contributed by atoms with van der Waals surface area (Å²) in [5.74, 6) is -0.531. The molecule has 106 valence electrons. The van der Waals surface area contributed by atoms with Gasteiger partial charge in [-0.15, -0.1) is 0 Å². The average Bonchev–Trinajstić information content (AvgIpc) is 2.40. The fourth-order valence-corrected chi connectivity index (χ4v) is 3.02. The molecule has 1 N–H and O–H groups in total. The van der Waals surface area contributed by atoms with Gasteiger partial charge in [0, 0.05) is 6.54 Å². The predicted molar refractivity (Wildman–Crippen MR) is 76.6 cm³/mol. The van der Waals surface area contributed by atoms with E-state index in [-0.39, 0.29) is 16.5 Å². The monoisotopic (exact) mass is 313 g/mol. The fourth-order valence-electron chi connectivity index (χ4n) is 1.69. The Kier molecular flexibility index (Phi) is 4.42. The molecule has 0 aliphatic carbocycles. The highest BCUT2D eigenvalue weighted by molar-refractivity contribution is 7.89. The van der Waals surface area contributed by atoms with Crippen LogP contribution in [0.15, 0.2) is 47.4 Å². The number of halogens is 2. The van der Waals surface area contributed by atoms with E-state index in [1.54, 1.807) is 12.1 Å². The molecular weight excluding hydrogens is 301 g/mol. The number of aryl methyl sites for hydroxylation is 1. The topological polar surface area (TPSA) is 46.2 Å². The Labute approximate surface area is 122 Å². The molecule has 0 bridgehead atoms. The lowest BCUT2D eigenvalue weighted by Gasteiger charge is -2.08. The zero-order chi connectivity index (χ0) is 14.8. The number of sulfonamides is 1. The molecule has 0 aliphatic rings. The van der Waals surface area contributed by atoms with Gasteiger partial charge in [-0.2, -0.15) is 0 Å². The van der Waals surface area contributed by atoms with Crippen LogP contribution in [-0.4, -0.2) is 8.42 Å². The van der Waals surface area contributed by atoms with Crippen molar-refractivity contribution in [1.29, 1.82) is 0 Å². The van der Waals surface area contributed by atoms with Gasteiger partial charge in [0.1, 0.15) is 5.82 Å². The zero-order valence-electron chi connectivity index (χ0n) is 10.7. The van der Waals surface area contributed by atoms with E-state index < -0.39 is 15.8 Å². The Morgan fingerprint density at radius 3 is 2.60 bits per heavy atom.